The lowest BCUT2D eigenvalue weighted by Crippen LogP contribution is -2.04. The zero-order valence-electron chi connectivity index (χ0n) is 10.0. The molecule has 0 aliphatic rings. The lowest BCUT2D eigenvalue weighted by atomic mass is 10.1. The molecule has 1 aromatic heterocycles. The minimum atomic E-state index is -0.767. The highest BCUT2D eigenvalue weighted by molar-refractivity contribution is 5.66. The monoisotopic (exact) mass is 222 g/mol. The fourth-order valence-electron chi connectivity index (χ4n) is 1.46. The first-order chi connectivity index (χ1) is 7.49. The summed E-state index contributed by atoms with van der Waals surface area (Å²) in [5.41, 5.74) is 1.97. The van der Waals surface area contributed by atoms with E-state index in [1.165, 1.54) is 0 Å². The van der Waals surface area contributed by atoms with Crippen LogP contribution in [0.5, 0.6) is 0 Å². The van der Waals surface area contributed by atoms with Gasteiger partial charge in [0.05, 0.1) is 0 Å². The highest BCUT2D eigenvalue weighted by Gasteiger charge is 2.06. The SMILES string of the molecule is Cc1cc(C(C)C)nc(CCCC(=O)O)n1. The average Bonchev–Trinajstić information content (AvgIpc) is 2.16. The molecule has 0 bridgehead atoms. The Kier molecular flexibility index (Phi) is 4.40. The van der Waals surface area contributed by atoms with Crippen LogP contribution in [0.4, 0.5) is 0 Å². The Labute approximate surface area is 95.7 Å². The second-order valence-electron chi connectivity index (χ2n) is 4.25. The van der Waals surface area contributed by atoms with Crippen molar-refractivity contribution in [3.63, 3.8) is 0 Å². The van der Waals surface area contributed by atoms with E-state index in [0.29, 0.717) is 18.8 Å². The molecule has 4 nitrogen and oxygen atoms in total. The third-order valence-electron chi connectivity index (χ3n) is 2.30. The Morgan fingerprint density at radius 3 is 2.69 bits per heavy atom. The molecule has 0 atom stereocenters. The Morgan fingerprint density at radius 1 is 1.44 bits per heavy atom. The number of hydrogen-bond acceptors (Lipinski definition) is 3. The van der Waals surface area contributed by atoms with Crippen molar-refractivity contribution in [1.82, 2.24) is 9.97 Å². The maximum absolute atomic E-state index is 10.4. The zero-order chi connectivity index (χ0) is 12.1. The number of nitrogens with zero attached hydrogens (tertiary/aromatic N) is 2. The first kappa shape index (κ1) is 12.6. The van der Waals surface area contributed by atoms with E-state index >= 15 is 0 Å². The predicted molar refractivity (Wildman–Crippen MR) is 61.4 cm³/mol. The summed E-state index contributed by atoms with van der Waals surface area (Å²) in [4.78, 5) is 19.1. The molecule has 1 N–H and O–H groups in total. The van der Waals surface area contributed by atoms with Gasteiger partial charge in [0.2, 0.25) is 0 Å². The third kappa shape index (κ3) is 3.96. The van der Waals surface area contributed by atoms with Crippen LogP contribution in [0.3, 0.4) is 0 Å². The molecular weight excluding hydrogens is 204 g/mol. The Balaban J connectivity index is 2.69. The van der Waals surface area contributed by atoms with Crippen molar-refractivity contribution in [3.05, 3.63) is 23.3 Å². The van der Waals surface area contributed by atoms with Crippen molar-refractivity contribution in [1.29, 1.82) is 0 Å². The average molecular weight is 222 g/mol. The van der Waals surface area contributed by atoms with Crippen molar-refractivity contribution in [2.75, 3.05) is 0 Å². The molecule has 0 saturated heterocycles. The minimum absolute atomic E-state index is 0.175. The number of aliphatic carboxylic acids is 1. The van der Waals surface area contributed by atoms with Gasteiger partial charge in [0.15, 0.2) is 0 Å². The van der Waals surface area contributed by atoms with Crippen LogP contribution >= 0.6 is 0 Å². The molecule has 16 heavy (non-hydrogen) atoms. The Bertz CT molecular complexity index is 375. The lowest BCUT2D eigenvalue weighted by Gasteiger charge is -2.07. The van der Waals surface area contributed by atoms with Gasteiger partial charge >= 0.3 is 5.97 Å². The van der Waals surface area contributed by atoms with Crippen LogP contribution in [0.1, 0.15) is 49.8 Å². The van der Waals surface area contributed by atoms with Crippen molar-refractivity contribution in [2.45, 2.75) is 46.0 Å². The number of aryl methyl sites for hydroxylation is 2. The summed E-state index contributed by atoms with van der Waals surface area (Å²) in [5, 5.41) is 8.55. The summed E-state index contributed by atoms with van der Waals surface area (Å²) >= 11 is 0. The van der Waals surface area contributed by atoms with E-state index in [2.05, 4.69) is 23.8 Å². The standard InChI is InChI=1S/C12H18N2O2/c1-8(2)10-7-9(3)13-11(14-10)5-4-6-12(15)16/h7-8H,4-6H2,1-3H3,(H,15,16). The fraction of sp³-hybridized carbons (Fsp3) is 0.583. The molecule has 88 valence electrons. The number of carboxylic acids is 1. The van der Waals surface area contributed by atoms with Gasteiger partial charge in [-0.2, -0.15) is 0 Å². The van der Waals surface area contributed by atoms with Crippen molar-refractivity contribution in [2.24, 2.45) is 0 Å². The molecule has 0 saturated carbocycles. The van der Waals surface area contributed by atoms with Crippen LogP contribution in [0, 0.1) is 6.92 Å². The minimum Gasteiger partial charge on any atom is -0.481 e. The van der Waals surface area contributed by atoms with E-state index in [1.54, 1.807) is 0 Å². The Morgan fingerprint density at radius 2 is 2.12 bits per heavy atom. The van der Waals surface area contributed by atoms with Crippen LogP contribution in [0.25, 0.3) is 0 Å². The van der Waals surface area contributed by atoms with Gasteiger partial charge in [-0.25, -0.2) is 9.97 Å². The van der Waals surface area contributed by atoms with Gasteiger partial charge in [0, 0.05) is 24.2 Å². The second kappa shape index (κ2) is 5.58. The smallest absolute Gasteiger partial charge is 0.303 e. The molecule has 0 radical (unpaired) electrons. The van der Waals surface area contributed by atoms with Crippen LogP contribution < -0.4 is 0 Å². The summed E-state index contributed by atoms with van der Waals surface area (Å²) in [6, 6.07) is 1.98. The summed E-state index contributed by atoms with van der Waals surface area (Å²) < 4.78 is 0. The van der Waals surface area contributed by atoms with Crippen LogP contribution in [0.2, 0.25) is 0 Å². The van der Waals surface area contributed by atoms with Crippen molar-refractivity contribution >= 4 is 5.97 Å². The molecule has 4 heteroatoms. The topological polar surface area (TPSA) is 63.1 Å². The van der Waals surface area contributed by atoms with Crippen LogP contribution in [-0.4, -0.2) is 21.0 Å². The van der Waals surface area contributed by atoms with E-state index in [4.69, 9.17) is 5.11 Å². The number of hydrogen-bond donors (Lipinski definition) is 1. The van der Waals surface area contributed by atoms with Gasteiger partial charge < -0.3 is 5.11 Å². The number of carboxylic acid groups (broad SMARTS) is 1. The molecule has 0 fully saturated rings. The maximum Gasteiger partial charge on any atom is 0.303 e. The van der Waals surface area contributed by atoms with Gasteiger partial charge in [0.1, 0.15) is 5.82 Å². The summed E-state index contributed by atoms with van der Waals surface area (Å²) in [6.07, 6.45) is 1.40. The van der Waals surface area contributed by atoms with Gasteiger partial charge in [0.25, 0.3) is 0 Å². The molecular formula is C12H18N2O2. The van der Waals surface area contributed by atoms with Crippen LogP contribution in [0.15, 0.2) is 6.07 Å². The summed E-state index contributed by atoms with van der Waals surface area (Å²) in [5.74, 6) is 0.363. The van der Waals surface area contributed by atoms with E-state index in [0.717, 1.165) is 17.2 Å². The normalized spacial score (nSPS) is 10.8. The first-order valence-electron chi connectivity index (χ1n) is 5.55. The predicted octanol–water partition coefficient (Wildman–Crippen LogP) is 2.32. The second-order valence-corrected chi connectivity index (χ2v) is 4.25. The van der Waals surface area contributed by atoms with Crippen molar-refractivity contribution < 1.29 is 9.90 Å². The number of rotatable bonds is 5. The van der Waals surface area contributed by atoms with E-state index in [-0.39, 0.29) is 6.42 Å². The molecule has 0 aromatic carbocycles. The maximum atomic E-state index is 10.4. The third-order valence-corrected chi connectivity index (χ3v) is 2.30. The van der Waals surface area contributed by atoms with Crippen LogP contribution in [-0.2, 0) is 11.2 Å². The quantitative estimate of drug-likeness (QED) is 0.830. The highest BCUT2D eigenvalue weighted by atomic mass is 16.4. The summed E-state index contributed by atoms with van der Waals surface area (Å²) in [7, 11) is 0. The van der Waals surface area contributed by atoms with E-state index < -0.39 is 5.97 Å². The molecule has 0 aliphatic heterocycles. The highest BCUT2D eigenvalue weighted by Crippen LogP contribution is 2.13. The number of aromatic nitrogens is 2. The largest absolute Gasteiger partial charge is 0.481 e. The molecule has 0 aliphatic carbocycles. The molecule has 0 amide bonds. The summed E-state index contributed by atoms with van der Waals surface area (Å²) in [6.45, 7) is 6.11. The number of carbonyl (C=O) groups is 1. The van der Waals surface area contributed by atoms with E-state index in [1.807, 2.05) is 13.0 Å². The van der Waals surface area contributed by atoms with Gasteiger partial charge in [-0.1, -0.05) is 13.8 Å². The lowest BCUT2D eigenvalue weighted by molar-refractivity contribution is -0.137. The molecule has 1 aromatic rings. The molecule has 1 rings (SSSR count). The fourth-order valence-corrected chi connectivity index (χ4v) is 1.46. The van der Waals surface area contributed by atoms with Crippen molar-refractivity contribution in [3.8, 4) is 0 Å². The molecule has 1 heterocycles. The zero-order valence-corrected chi connectivity index (χ0v) is 10.0. The van der Waals surface area contributed by atoms with Gasteiger partial charge in [-0.05, 0) is 25.3 Å². The van der Waals surface area contributed by atoms with E-state index in [9.17, 15) is 4.79 Å². The molecule has 0 unspecified atom stereocenters. The molecule has 0 spiro atoms. The van der Waals surface area contributed by atoms with Gasteiger partial charge in [-0.15, -0.1) is 0 Å². The first-order valence-corrected chi connectivity index (χ1v) is 5.55. The van der Waals surface area contributed by atoms with Gasteiger partial charge in [-0.3, -0.25) is 4.79 Å². The Hall–Kier alpha value is -1.45.